The smallest absolute Gasteiger partial charge is 0.259 e. The van der Waals surface area contributed by atoms with Gasteiger partial charge in [-0.1, -0.05) is 29.3 Å². The van der Waals surface area contributed by atoms with E-state index in [1.165, 1.54) is 11.3 Å². The number of hydrogen-bond acceptors (Lipinski definition) is 4. The maximum atomic E-state index is 12.9. The van der Waals surface area contributed by atoms with Gasteiger partial charge in [0, 0.05) is 24.3 Å². The summed E-state index contributed by atoms with van der Waals surface area (Å²) in [5.41, 5.74) is 1.85. The van der Waals surface area contributed by atoms with E-state index in [9.17, 15) is 9.59 Å². The lowest BCUT2D eigenvalue weighted by atomic mass is 10.0. The molecule has 1 unspecified atom stereocenters. The van der Waals surface area contributed by atoms with Gasteiger partial charge in [0.15, 0.2) is 0 Å². The van der Waals surface area contributed by atoms with Gasteiger partial charge in [-0.25, -0.2) is 4.98 Å². The van der Waals surface area contributed by atoms with E-state index in [0.717, 1.165) is 40.2 Å². The Kier molecular flexibility index (Phi) is 5.69. The fourth-order valence-electron chi connectivity index (χ4n) is 3.92. The van der Waals surface area contributed by atoms with Gasteiger partial charge in [0.1, 0.15) is 10.7 Å². The molecule has 1 atom stereocenters. The number of benzene rings is 1. The molecule has 1 aliphatic heterocycles. The molecule has 1 aliphatic rings. The molecule has 1 saturated heterocycles. The summed E-state index contributed by atoms with van der Waals surface area (Å²) >= 11 is 13.7. The Morgan fingerprint density at radius 3 is 2.86 bits per heavy atom. The first-order chi connectivity index (χ1) is 13.8. The molecule has 29 heavy (non-hydrogen) atoms. The highest BCUT2D eigenvalue weighted by atomic mass is 35.5. The van der Waals surface area contributed by atoms with Crippen molar-refractivity contribution in [2.24, 2.45) is 0 Å². The number of fused-ring (bicyclic) bond motifs is 1. The summed E-state index contributed by atoms with van der Waals surface area (Å²) in [7, 11) is 0. The van der Waals surface area contributed by atoms with Gasteiger partial charge < -0.3 is 9.88 Å². The molecule has 2 aromatic heterocycles. The van der Waals surface area contributed by atoms with Crippen molar-refractivity contribution in [1.29, 1.82) is 0 Å². The van der Waals surface area contributed by atoms with Gasteiger partial charge in [0.05, 0.1) is 21.5 Å². The number of hydrogen-bond donors (Lipinski definition) is 1. The fraction of sp³-hybridized carbons (Fsp3) is 0.381. The summed E-state index contributed by atoms with van der Waals surface area (Å²) in [5, 5.41) is 1.66. The van der Waals surface area contributed by atoms with Crippen LogP contribution in [0.15, 0.2) is 23.0 Å². The van der Waals surface area contributed by atoms with Crippen molar-refractivity contribution in [1.82, 2.24) is 14.9 Å². The van der Waals surface area contributed by atoms with E-state index in [-0.39, 0.29) is 17.5 Å². The quantitative estimate of drug-likeness (QED) is 0.594. The van der Waals surface area contributed by atoms with Gasteiger partial charge in [-0.05, 0) is 49.9 Å². The molecule has 0 bridgehead atoms. The van der Waals surface area contributed by atoms with Crippen molar-refractivity contribution in [2.45, 2.75) is 45.6 Å². The zero-order valence-electron chi connectivity index (χ0n) is 16.2. The number of thiophene rings is 1. The van der Waals surface area contributed by atoms with Crippen molar-refractivity contribution >= 4 is 50.7 Å². The highest BCUT2D eigenvalue weighted by molar-refractivity contribution is 7.18. The zero-order valence-corrected chi connectivity index (χ0v) is 18.5. The van der Waals surface area contributed by atoms with Crippen LogP contribution in [0.5, 0.6) is 0 Å². The number of amides is 1. The second-order valence-electron chi connectivity index (χ2n) is 7.39. The van der Waals surface area contributed by atoms with Crippen molar-refractivity contribution < 1.29 is 4.79 Å². The number of rotatable bonds is 4. The molecule has 0 radical (unpaired) electrons. The van der Waals surface area contributed by atoms with Gasteiger partial charge >= 0.3 is 0 Å². The number of aromatic nitrogens is 2. The van der Waals surface area contributed by atoms with Gasteiger partial charge in [-0.3, -0.25) is 9.59 Å². The summed E-state index contributed by atoms with van der Waals surface area (Å²) in [6, 6.07) is 5.55. The van der Waals surface area contributed by atoms with E-state index < -0.39 is 0 Å². The van der Waals surface area contributed by atoms with Gasteiger partial charge in [0.25, 0.3) is 5.56 Å². The van der Waals surface area contributed by atoms with Crippen LogP contribution in [0.4, 0.5) is 0 Å². The molecule has 3 aromatic rings. The van der Waals surface area contributed by atoms with Crippen LogP contribution in [-0.2, 0) is 11.2 Å². The Labute approximate surface area is 182 Å². The van der Waals surface area contributed by atoms with Crippen LogP contribution in [0.2, 0.25) is 10.0 Å². The third-order valence-corrected chi connectivity index (χ3v) is 7.41. The van der Waals surface area contributed by atoms with E-state index in [2.05, 4.69) is 9.97 Å². The number of nitrogens with zero attached hydrogens (tertiary/aromatic N) is 2. The third kappa shape index (κ3) is 3.93. The van der Waals surface area contributed by atoms with Crippen LogP contribution < -0.4 is 5.56 Å². The lowest BCUT2D eigenvalue weighted by Gasteiger charge is -2.25. The average molecular weight is 450 g/mol. The minimum atomic E-state index is -0.130. The number of nitrogens with one attached hydrogen (secondary N) is 1. The average Bonchev–Trinajstić information content (AvgIpc) is 3.27. The standard InChI is InChI=1S/C21H21Cl2N3O2S/c1-11-12(2)29-21-19(11)20(28)24-17(25-21)7-8-18(27)26-9-3-4-16(26)13-5-6-14(22)15(23)10-13/h5-6,10,16H,3-4,7-9H2,1-2H3,(H,24,25,28). The van der Waals surface area contributed by atoms with Crippen LogP contribution in [0.25, 0.3) is 10.2 Å². The molecule has 3 heterocycles. The molecule has 4 rings (SSSR count). The van der Waals surface area contributed by atoms with Gasteiger partial charge in [-0.15, -0.1) is 11.3 Å². The van der Waals surface area contributed by atoms with Crippen molar-refractivity contribution in [2.75, 3.05) is 6.54 Å². The Hall–Kier alpha value is -1.89. The molecule has 1 N–H and O–H groups in total. The van der Waals surface area contributed by atoms with E-state index in [1.54, 1.807) is 6.07 Å². The van der Waals surface area contributed by atoms with E-state index >= 15 is 0 Å². The first-order valence-electron chi connectivity index (χ1n) is 9.58. The molecule has 0 saturated carbocycles. The lowest BCUT2D eigenvalue weighted by Crippen LogP contribution is -2.31. The maximum Gasteiger partial charge on any atom is 0.259 e. The molecule has 0 spiro atoms. The second kappa shape index (κ2) is 8.09. The molecule has 152 valence electrons. The molecule has 1 fully saturated rings. The van der Waals surface area contributed by atoms with Crippen LogP contribution in [0, 0.1) is 13.8 Å². The third-order valence-electron chi connectivity index (χ3n) is 5.57. The molecule has 5 nitrogen and oxygen atoms in total. The van der Waals surface area contributed by atoms with Crippen molar-refractivity contribution in [3.8, 4) is 0 Å². The Bertz CT molecular complexity index is 1150. The minimum absolute atomic E-state index is 0.00866. The molecular formula is C21H21Cl2N3O2S. The van der Waals surface area contributed by atoms with Crippen molar-refractivity contribution in [3.63, 3.8) is 0 Å². The Balaban J connectivity index is 1.50. The van der Waals surface area contributed by atoms with Crippen LogP contribution >= 0.6 is 34.5 Å². The van der Waals surface area contributed by atoms with E-state index in [1.807, 2.05) is 30.9 Å². The van der Waals surface area contributed by atoms with Crippen LogP contribution in [0.1, 0.15) is 47.1 Å². The van der Waals surface area contributed by atoms with Crippen LogP contribution in [-0.4, -0.2) is 27.3 Å². The molecule has 1 aromatic carbocycles. The first kappa shape index (κ1) is 20.4. The summed E-state index contributed by atoms with van der Waals surface area (Å²) in [4.78, 5) is 36.5. The topological polar surface area (TPSA) is 66.1 Å². The SMILES string of the molecule is Cc1sc2nc(CCC(=O)N3CCCC3c3ccc(Cl)c(Cl)c3)[nH]c(=O)c2c1C. The van der Waals surface area contributed by atoms with Crippen LogP contribution in [0.3, 0.4) is 0 Å². The summed E-state index contributed by atoms with van der Waals surface area (Å²) < 4.78 is 0. The number of carbonyl (C=O) groups excluding carboxylic acids is 1. The second-order valence-corrected chi connectivity index (χ2v) is 9.41. The highest BCUT2D eigenvalue weighted by Gasteiger charge is 2.30. The number of carbonyl (C=O) groups is 1. The summed E-state index contributed by atoms with van der Waals surface area (Å²) in [6.07, 6.45) is 2.56. The number of likely N-dealkylation sites (tertiary alicyclic amines) is 1. The largest absolute Gasteiger partial charge is 0.336 e. The van der Waals surface area contributed by atoms with Crippen molar-refractivity contribution in [3.05, 3.63) is 60.4 Å². The van der Waals surface area contributed by atoms with E-state index in [4.69, 9.17) is 23.2 Å². The van der Waals surface area contributed by atoms with E-state index in [0.29, 0.717) is 34.1 Å². The summed E-state index contributed by atoms with van der Waals surface area (Å²) in [5.74, 6) is 0.613. The number of halogens is 2. The lowest BCUT2D eigenvalue weighted by molar-refractivity contribution is -0.132. The zero-order chi connectivity index (χ0) is 20.7. The number of aryl methyl sites for hydroxylation is 3. The summed E-state index contributed by atoms with van der Waals surface area (Å²) in [6.45, 7) is 4.64. The molecule has 1 amide bonds. The predicted octanol–water partition coefficient (Wildman–Crippen LogP) is 5.20. The Morgan fingerprint density at radius 2 is 2.10 bits per heavy atom. The maximum absolute atomic E-state index is 12.9. The van der Waals surface area contributed by atoms with Gasteiger partial charge in [-0.2, -0.15) is 0 Å². The minimum Gasteiger partial charge on any atom is -0.336 e. The highest BCUT2D eigenvalue weighted by Crippen LogP contribution is 2.35. The molecule has 8 heteroatoms. The Morgan fingerprint density at radius 1 is 1.31 bits per heavy atom. The number of H-pyrrole nitrogens is 1. The molecular weight excluding hydrogens is 429 g/mol. The fourth-order valence-corrected chi connectivity index (χ4v) is 5.27. The molecule has 0 aliphatic carbocycles. The first-order valence-corrected chi connectivity index (χ1v) is 11.2. The van der Waals surface area contributed by atoms with Gasteiger partial charge in [0.2, 0.25) is 5.91 Å². The predicted molar refractivity (Wildman–Crippen MR) is 118 cm³/mol. The number of aromatic amines is 1. The monoisotopic (exact) mass is 449 g/mol. The normalized spacial score (nSPS) is 16.7.